The Kier molecular flexibility index (Phi) is 6.72. The van der Waals surface area contributed by atoms with Gasteiger partial charge in [0.15, 0.2) is 0 Å². The van der Waals surface area contributed by atoms with Gasteiger partial charge in [-0.1, -0.05) is 12.8 Å². The summed E-state index contributed by atoms with van der Waals surface area (Å²) < 4.78 is 0. The molecule has 104 valence electrons. The fourth-order valence-corrected chi connectivity index (χ4v) is 2.11. The van der Waals surface area contributed by atoms with Crippen molar-refractivity contribution in [2.24, 2.45) is 0 Å². The van der Waals surface area contributed by atoms with Crippen LogP contribution in [0.15, 0.2) is 0 Å². The zero-order valence-electron chi connectivity index (χ0n) is 11.1. The minimum Gasteiger partial charge on any atom is -0.393 e. The van der Waals surface area contributed by atoms with E-state index in [0.29, 0.717) is 19.0 Å². The Morgan fingerprint density at radius 3 is 2.44 bits per heavy atom. The average Bonchev–Trinajstić information content (AvgIpc) is 2.78. The number of amides is 2. The van der Waals surface area contributed by atoms with E-state index >= 15 is 0 Å². The second kappa shape index (κ2) is 8.08. The van der Waals surface area contributed by atoms with Gasteiger partial charge in [-0.15, -0.1) is 0 Å². The van der Waals surface area contributed by atoms with Crippen LogP contribution in [0.2, 0.25) is 0 Å². The Balaban J connectivity index is 2.04. The third kappa shape index (κ3) is 6.59. The standard InChI is InChI=1S/C13H24N2O3/c1-10(16)8-9-14-12(17)6-7-13(18)15-11-4-2-3-5-11/h10-11,16H,2-9H2,1H3,(H,14,17)(H,15,18). The molecule has 1 rings (SSSR count). The van der Waals surface area contributed by atoms with Crippen LogP contribution < -0.4 is 10.6 Å². The molecular formula is C13H24N2O3. The Morgan fingerprint density at radius 2 is 1.83 bits per heavy atom. The monoisotopic (exact) mass is 256 g/mol. The van der Waals surface area contributed by atoms with Crippen LogP contribution >= 0.6 is 0 Å². The molecule has 1 fully saturated rings. The zero-order valence-corrected chi connectivity index (χ0v) is 11.1. The number of carbonyl (C=O) groups is 2. The SMILES string of the molecule is CC(O)CCNC(=O)CCC(=O)NC1CCCC1. The molecule has 5 heteroatoms. The van der Waals surface area contributed by atoms with Crippen molar-refractivity contribution in [3.05, 3.63) is 0 Å². The molecule has 0 spiro atoms. The summed E-state index contributed by atoms with van der Waals surface area (Å²) in [6.45, 7) is 2.14. The van der Waals surface area contributed by atoms with Crippen LogP contribution in [0.5, 0.6) is 0 Å². The molecule has 0 bridgehead atoms. The summed E-state index contributed by atoms with van der Waals surface area (Å²) in [4.78, 5) is 22.9. The molecule has 0 aliphatic heterocycles. The Bertz CT molecular complexity index is 273. The second-order valence-electron chi connectivity index (χ2n) is 5.04. The van der Waals surface area contributed by atoms with Crippen LogP contribution in [0.3, 0.4) is 0 Å². The molecule has 18 heavy (non-hydrogen) atoms. The minimum atomic E-state index is -0.407. The number of carbonyl (C=O) groups excluding carboxylic acids is 2. The van der Waals surface area contributed by atoms with Crippen molar-refractivity contribution >= 4 is 11.8 Å². The Morgan fingerprint density at radius 1 is 1.22 bits per heavy atom. The van der Waals surface area contributed by atoms with Gasteiger partial charge in [0.05, 0.1) is 6.10 Å². The van der Waals surface area contributed by atoms with E-state index in [1.807, 2.05) is 0 Å². The van der Waals surface area contributed by atoms with Crippen molar-refractivity contribution in [1.82, 2.24) is 10.6 Å². The average molecular weight is 256 g/mol. The van der Waals surface area contributed by atoms with Gasteiger partial charge >= 0.3 is 0 Å². The smallest absolute Gasteiger partial charge is 0.220 e. The van der Waals surface area contributed by atoms with Gasteiger partial charge in [0.1, 0.15) is 0 Å². The highest BCUT2D eigenvalue weighted by Gasteiger charge is 2.17. The summed E-state index contributed by atoms with van der Waals surface area (Å²) in [5.74, 6) is -0.162. The third-order valence-electron chi connectivity index (χ3n) is 3.18. The van der Waals surface area contributed by atoms with Crippen molar-refractivity contribution < 1.29 is 14.7 Å². The van der Waals surface area contributed by atoms with Crippen molar-refractivity contribution in [2.75, 3.05) is 6.54 Å². The molecule has 3 N–H and O–H groups in total. The lowest BCUT2D eigenvalue weighted by molar-refractivity contribution is -0.126. The van der Waals surface area contributed by atoms with Crippen LogP contribution in [0.1, 0.15) is 51.9 Å². The van der Waals surface area contributed by atoms with Gasteiger partial charge in [0, 0.05) is 25.4 Å². The van der Waals surface area contributed by atoms with E-state index in [1.54, 1.807) is 6.92 Å². The lowest BCUT2D eigenvalue weighted by Gasteiger charge is -2.11. The van der Waals surface area contributed by atoms with Crippen LogP contribution in [0.4, 0.5) is 0 Å². The molecule has 0 heterocycles. The molecule has 1 aliphatic carbocycles. The van der Waals surface area contributed by atoms with Crippen molar-refractivity contribution in [3.8, 4) is 0 Å². The first kappa shape index (κ1) is 15.0. The summed E-state index contributed by atoms with van der Waals surface area (Å²) in [5.41, 5.74) is 0. The van der Waals surface area contributed by atoms with Crippen LogP contribution in [0.25, 0.3) is 0 Å². The number of hydrogen-bond donors (Lipinski definition) is 3. The molecule has 1 atom stereocenters. The first-order chi connectivity index (χ1) is 8.58. The van der Waals surface area contributed by atoms with Gasteiger partial charge in [0.25, 0.3) is 0 Å². The highest BCUT2D eigenvalue weighted by atomic mass is 16.3. The first-order valence-electron chi connectivity index (χ1n) is 6.82. The number of aliphatic hydroxyl groups excluding tert-OH is 1. The van der Waals surface area contributed by atoms with Gasteiger partial charge in [-0.2, -0.15) is 0 Å². The number of aliphatic hydroxyl groups is 1. The topological polar surface area (TPSA) is 78.4 Å². The third-order valence-corrected chi connectivity index (χ3v) is 3.18. The molecule has 2 amide bonds. The first-order valence-corrected chi connectivity index (χ1v) is 6.82. The molecule has 0 saturated heterocycles. The van der Waals surface area contributed by atoms with Crippen molar-refractivity contribution in [1.29, 1.82) is 0 Å². The molecular weight excluding hydrogens is 232 g/mol. The Hall–Kier alpha value is -1.10. The maximum atomic E-state index is 11.6. The molecule has 0 aromatic carbocycles. The predicted molar refractivity (Wildman–Crippen MR) is 68.9 cm³/mol. The largest absolute Gasteiger partial charge is 0.393 e. The zero-order chi connectivity index (χ0) is 13.4. The van der Waals surface area contributed by atoms with Crippen LogP contribution in [-0.2, 0) is 9.59 Å². The molecule has 0 radical (unpaired) electrons. The van der Waals surface area contributed by atoms with E-state index in [4.69, 9.17) is 5.11 Å². The van der Waals surface area contributed by atoms with Gasteiger partial charge in [-0.3, -0.25) is 9.59 Å². The highest BCUT2D eigenvalue weighted by molar-refractivity contribution is 5.83. The lowest BCUT2D eigenvalue weighted by Crippen LogP contribution is -2.34. The maximum Gasteiger partial charge on any atom is 0.220 e. The van der Waals surface area contributed by atoms with E-state index in [0.717, 1.165) is 12.8 Å². The summed E-state index contributed by atoms with van der Waals surface area (Å²) in [7, 11) is 0. The minimum absolute atomic E-state index is 0.0347. The molecule has 0 aromatic rings. The fraction of sp³-hybridized carbons (Fsp3) is 0.846. The summed E-state index contributed by atoms with van der Waals surface area (Å²) >= 11 is 0. The van der Waals surface area contributed by atoms with Crippen molar-refractivity contribution in [3.63, 3.8) is 0 Å². The van der Waals surface area contributed by atoms with Gasteiger partial charge < -0.3 is 15.7 Å². The molecule has 1 aliphatic rings. The van der Waals surface area contributed by atoms with E-state index in [9.17, 15) is 9.59 Å². The fourth-order valence-electron chi connectivity index (χ4n) is 2.11. The van der Waals surface area contributed by atoms with Crippen LogP contribution in [0, 0.1) is 0 Å². The number of hydrogen-bond acceptors (Lipinski definition) is 3. The second-order valence-corrected chi connectivity index (χ2v) is 5.04. The normalized spacial score (nSPS) is 17.4. The quantitative estimate of drug-likeness (QED) is 0.628. The summed E-state index contributed by atoms with van der Waals surface area (Å²) in [6.07, 6.45) is 5.10. The summed E-state index contributed by atoms with van der Waals surface area (Å²) in [5, 5.41) is 14.7. The van der Waals surface area contributed by atoms with E-state index < -0.39 is 6.10 Å². The van der Waals surface area contributed by atoms with Gasteiger partial charge in [-0.05, 0) is 26.2 Å². The molecule has 5 nitrogen and oxygen atoms in total. The summed E-state index contributed by atoms with van der Waals surface area (Å²) in [6, 6.07) is 0.316. The lowest BCUT2D eigenvalue weighted by atomic mass is 10.2. The van der Waals surface area contributed by atoms with E-state index in [-0.39, 0.29) is 24.7 Å². The highest BCUT2D eigenvalue weighted by Crippen LogP contribution is 2.17. The molecule has 0 aromatic heterocycles. The van der Waals surface area contributed by atoms with E-state index in [1.165, 1.54) is 12.8 Å². The molecule has 1 unspecified atom stereocenters. The van der Waals surface area contributed by atoms with Gasteiger partial charge in [-0.25, -0.2) is 0 Å². The van der Waals surface area contributed by atoms with Crippen LogP contribution in [-0.4, -0.2) is 35.6 Å². The molecule has 1 saturated carbocycles. The van der Waals surface area contributed by atoms with Gasteiger partial charge in [0.2, 0.25) is 11.8 Å². The van der Waals surface area contributed by atoms with Crippen molar-refractivity contribution in [2.45, 2.75) is 64.0 Å². The number of rotatable bonds is 7. The maximum absolute atomic E-state index is 11.6. The van der Waals surface area contributed by atoms with E-state index in [2.05, 4.69) is 10.6 Å². The Labute approximate surface area is 108 Å². The predicted octanol–water partition coefficient (Wildman–Crippen LogP) is 0.712. The number of nitrogens with one attached hydrogen (secondary N) is 2.